The Morgan fingerprint density at radius 2 is 2.21 bits per heavy atom. The van der Waals surface area contributed by atoms with Crippen molar-refractivity contribution < 1.29 is 18.7 Å². The molecule has 0 aliphatic heterocycles. The average molecular weight is 281 g/mol. The molecular formula is C13H9F2NO2S. The maximum absolute atomic E-state index is 13.7. The molecule has 19 heavy (non-hydrogen) atoms. The number of aromatic nitrogens is 1. The maximum Gasteiger partial charge on any atom is 0.312 e. The molecule has 0 saturated heterocycles. The van der Waals surface area contributed by atoms with E-state index < -0.39 is 23.5 Å². The van der Waals surface area contributed by atoms with Gasteiger partial charge >= 0.3 is 5.97 Å². The van der Waals surface area contributed by atoms with E-state index in [0.29, 0.717) is 23.5 Å². The SMILES string of the molecule is O=C(O)C1CCc2sc(-c3cc(F)ccc3F)nc21. The van der Waals surface area contributed by atoms with E-state index in [-0.39, 0.29) is 5.56 Å². The number of thiazole rings is 1. The van der Waals surface area contributed by atoms with Crippen LogP contribution < -0.4 is 0 Å². The summed E-state index contributed by atoms with van der Waals surface area (Å²) in [5.41, 5.74) is 0.583. The first-order chi connectivity index (χ1) is 9.06. The van der Waals surface area contributed by atoms with Crippen LogP contribution in [-0.2, 0) is 11.2 Å². The van der Waals surface area contributed by atoms with Crippen molar-refractivity contribution in [3.63, 3.8) is 0 Å². The molecule has 0 saturated carbocycles. The molecule has 6 heteroatoms. The van der Waals surface area contributed by atoms with Crippen molar-refractivity contribution in [2.45, 2.75) is 18.8 Å². The Balaban J connectivity index is 2.07. The van der Waals surface area contributed by atoms with Gasteiger partial charge in [0.05, 0.1) is 5.69 Å². The summed E-state index contributed by atoms with van der Waals surface area (Å²) in [6.45, 7) is 0. The zero-order valence-electron chi connectivity index (χ0n) is 9.69. The summed E-state index contributed by atoms with van der Waals surface area (Å²) < 4.78 is 26.8. The van der Waals surface area contributed by atoms with Crippen molar-refractivity contribution in [3.05, 3.63) is 40.4 Å². The van der Waals surface area contributed by atoms with Crippen LogP contribution in [0.4, 0.5) is 8.78 Å². The summed E-state index contributed by atoms with van der Waals surface area (Å²) in [6, 6.07) is 3.17. The van der Waals surface area contributed by atoms with Gasteiger partial charge in [0.25, 0.3) is 0 Å². The lowest BCUT2D eigenvalue weighted by atomic mass is 10.1. The fourth-order valence-corrected chi connectivity index (χ4v) is 3.40. The van der Waals surface area contributed by atoms with Gasteiger partial charge in [0, 0.05) is 10.4 Å². The molecule has 98 valence electrons. The molecule has 1 aromatic carbocycles. The van der Waals surface area contributed by atoms with E-state index in [0.717, 1.165) is 23.1 Å². The molecule has 0 amide bonds. The van der Waals surface area contributed by atoms with Gasteiger partial charge in [-0.25, -0.2) is 13.8 Å². The van der Waals surface area contributed by atoms with Gasteiger partial charge in [-0.3, -0.25) is 4.79 Å². The van der Waals surface area contributed by atoms with Gasteiger partial charge in [-0.1, -0.05) is 0 Å². The molecule has 3 nitrogen and oxygen atoms in total. The number of rotatable bonds is 2. The minimum atomic E-state index is -0.921. The van der Waals surface area contributed by atoms with E-state index in [2.05, 4.69) is 4.98 Å². The van der Waals surface area contributed by atoms with Crippen LogP contribution in [0.25, 0.3) is 10.6 Å². The zero-order chi connectivity index (χ0) is 13.6. The second kappa shape index (κ2) is 4.38. The van der Waals surface area contributed by atoms with Crippen LogP contribution in [0, 0.1) is 11.6 Å². The third-order valence-corrected chi connectivity index (χ3v) is 4.34. The smallest absolute Gasteiger partial charge is 0.312 e. The predicted octanol–water partition coefficient (Wildman–Crippen LogP) is 3.20. The van der Waals surface area contributed by atoms with Crippen LogP contribution in [0.2, 0.25) is 0 Å². The summed E-state index contributed by atoms with van der Waals surface area (Å²) in [4.78, 5) is 16.1. The first-order valence-corrected chi connectivity index (χ1v) is 6.55. The molecule has 1 atom stereocenters. The second-order valence-electron chi connectivity index (χ2n) is 4.38. The highest BCUT2D eigenvalue weighted by Gasteiger charge is 2.32. The number of aryl methyl sites for hydroxylation is 1. The van der Waals surface area contributed by atoms with E-state index in [1.54, 1.807) is 0 Å². The van der Waals surface area contributed by atoms with Crippen molar-refractivity contribution in [2.24, 2.45) is 0 Å². The van der Waals surface area contributed by atoms with E-state index in [1.807, 2.05) is 0 Å². The maximum atomic E-state index is 13.7. The molecule has 1 N–H and O–H groups in total. The lowest BCUT2D eigenvalue weighted by molar-refractivity contribution is -0.138. The van der Waals surface area contributed by atoms with Crippen molar-refractivity contribution in [2.75, 3.05) is 0 Å². The molecule has 0 bridgehead atoms. The van der Waals surface area contributed by atoms with Crippen LogP contribution in [0.1, 0.15) is 22.9 Å². The number of fused-ring (bicyclic) bond motifs is 1. The number of carboxylic acid groups (broad SMARTS) is 1. The fourth-order valence-electron chi connectivity index (χ4n) is 2.24. The Bertz CT molecular complexity index is 669. The number of carboxylic acids is 1. The average Bonchev–Trinajstić information content (AvgIpc) is 2.91. The number of aliphatic carboxylic acids is 1. The molecule has 1 heterocycles. The Kier molecular flexibility index (Phi) is 2.82. The van der Waals surface area contributed by atoms with Crippen molar-refractivity contribution >= 4 is 17.3 Å². The van der Waals surface area contributed by atoms with Crippen LogP contribution in [0.15, 0.2) is 18.2 Å². The first-order valence-electron chi connectivity index (χ1n) is 5.74. The van der Waals surface area contributed by atoms with Crippen LogP contribution >= 0.6 is 11.3 Å². The molecule has 0 radical (unpaired) electrons. The van der Waals surface area contributed by atoms with Crippen molar-refractivity contribution in [3.8, 4) is 10.6 Å². The number of hydrogen-bond donors (Lipinski definition) is 1. The summed E-state index contributed by atoms with van der Waals surface area (Å²) in [5, 5.41) is 9.41. The topological polar surface area (TPSA) is 50.2 Å². The molecule has 0 spiro atoms. The highest BCUT2D eigenvalue weighted by Crippen LogP contribution is 2.40. The zero-order valence-corrected chi connectivity index (χ0v) is 10.5. The third-order valence-electron chi connectivity index (χ3n) is 3.17. The number of hydrogen-bond acceptors (Lipinski definition) is 3. The number of nitrogens with zero attached hydrogens (tertiary/aromatic N) is 1. The number of carbonyl (C=O) groups is 1. The highest BCUT2D eigenvalue weighted by atomic mass is 32.1. The van der Waals surface area contributed by atoms with Gasteiger partial charge in [0.1, 0.15) is 22.6 Å². The summed E-state index contributed by atoms with van der Waals surface area (Å²) in [5.74, 6) is -2.64. The van der Waals surface area contributed by atoms with E-state index in [1.165, 1.54) is 11.3 Å². The van der Waals surface area contributed by atoms with Crippen LogP contribution in [0.5, 0.6) is 0 Å². The molecule has 1 aliphatic carbocycles. The third kappa shape index (κ3) is 2.02. The Labute approximate surface area is 111 Å². The van der Waals surface area contributed by atoms with E-state index >= 15 is 0 Å². The van der Waals surface area contributed by atoms with Gasteiger partial charge in [-0.2, -0.15) is 0 Å². The minimum absolute atomic E-state index is 0.0866. The summed E-state index contributed by atoms with van der Waals surface area (Å²) >= 11 is 1.24. The van der Waals surface area contributed by atoms with Gasteiger partial charge in [0.15, 0.2) is 0 Å². The molecule has 3 rings (SSSR count). The van der Waals surface area contributed by atoms with E-state index in [9.17, 15) is 13.6 Å². The molecule has 0 fully saturated rings. The van der Waals surface area contributed by atoms with Crippen molar-refractivity contribution in [1.29, 1.82) is 0 Å². The Morgan fingerprint density at radius 1 is 1.42 bits per heavy atom. The van der Waals surface area contributed by atoms with Crippen LogP contribution in [-0.4, -0.2) is 16.1 Å². The number of halogens is 2. The summed E-state index contributed by atoms with van der Waals surface area (Å²) in [7, 11) is 0. The lowest BCUT2D eigenvalue weighted by Crippen LogP contribution is -2.08. The summed E-state index contributed by atoms with van der Waals surface area (Å²) in [6.07, 6.45) is 1.15. The Morgan fingerprint density at radius 3 is 2.95 bits per heavy atom. The largest absolute Gasteiger partial charge is 0.481 e. The normalized spacial score (nSPS) is 17.5. The standard InChI is InChI=1S/C13H9F2NO2S/c14-6-1-3-9(15)8(5-6)12-16-11-7(13(17)18)2-4-10(11)19-12/h1,3,5,7H,2,4H2,(H,17,18). The fraction of sp³-hybridized carbons (Fsp3) is 0.231. The quantitative estimate of drug-likeness (QED) is 0.919. The predicted molar refractivity (Wildman–Crippen MR) is 66.2 cm³/mol. The lowest BCUT2D eigenvalue weighted by Gasteiger charge is -2.02. The molecular weight excluding hydrogens is 272 g/mol. The minimum Gasteiger partial charge on any atom is -0.481 e. The van der Waals surface area contributed by atoms with E-state index in [4.69, 9.17) is 5.11 Å². The van der Waals surface area contributed by atoms with Gasteiger partial charge in [-0.15, -0.1) is 11.3 Å². The van der Waals surface area contributed by atoms with Crippen molar-refractivity contribution in [1.82, 2.24) is 4.98 Å². The van der Waals surface area contributed by atoms with Gasteiger partial charge in [0.2, 0.25) is 0 Å². The second-order valence-corrected chi connectivity index (χ2v) is 5.46. The first kappa shape index (κ1) is 12.2. The molecule has 2 aromatic rings. The monoisotopic (exact) mass is 281 g/mol. The van der Waals surface area contributed by atoms with Gasteiger partial charge in [-0.05, 0) is 31.0 Å². The molecule has 1 aromatic heterocycles. The molecule has 1 unspecified atom stereocenters. The highest BCUT2D eigenvalue weighted by molar-refractivity contribution is 7.15. The molecule has 1 aliphatic rings. The Hall–Kier alpha value is -1.82. The van der Waals surface area contributed by atoms with Crippen LogP contribution in [0.3, 0.4) is 0 Å². The van der Waals surface area contributed by atoms with Gasteiger partial charge < -0.3 is 5.11 Å². The number of benzene rings is 1.